The molecule has 2 heterocycles. The van der Waals surface area contributed by atoms with Crippen LogP contribution in [0.2, 0.25) is 0 Å². The summed E-state index contributed by atoms with van der Waals surface area (Å²) >= 11 is 3.43. The van der Waals surface area contributed by atoms with E-state index in [1.165, 1.54) is 5.56 Å². The van der Waals surface area contributed by atoms with Gasteiger partial charge in [-0.1, -0.05) is 0 Å². The van der Waals surface area contributed by atoms with Gasteiger partial charge in [0.15, 0.2) is 0 Å². The van der Waals surface area contributed by atoms with E-state index in [0.717, 1.165) is 11.6 Å². The molecule has 2 rings (SSSR count). The van der Waals surface area contributed by atoms with Crippen molar-refractivity contribution in [3.05, 3.63) is 39.0 Å². The Morgan fingerprint density at radius 2 is 2.43 bits per heavy atom. The number of nitrogens with zero attached hydrogens (tertiary/aromatic N) is 1. The minimum atomic E-state index is 0.342. The lowest BCUT2D eigenvalue weighted by Gasteiger charge is -2.09. The fourth-order valence-corrected chi connectivity index (χ4v) is 2.54. The molecule has 2 aromatic heterocycles. The van der Waals surface area contributed by atoms with Crippen molar-refractivity contribution in [2.45, 2.75) is 19.5 Å². The van der Waals surface area contributed by atoms with Crippen LogP contribution in [0.4, 0.5) is 0 Å². The molecule has 2 nitrogen and oxygen atoms in total. The molecule has 0 aliphatic carbocycles. The van der Waals surface area contributed by atoms with Crippen LogP contribution in [-0.4, -0.2) is 4.98 Å². The lowest BCUT2D eigenvalue weighted by molar-refractivity contribution is 0.572. The third-order valence-electron chi connectivity index (χ3n) is 2.01. The second-order valence-electron chi connectivity index (χ2n) is 3.10. The Morgan fingerprint density at radius 3 is 3.07 bits per heavy atom. The van der Waals surface area contributed by atoms with Crippen LogP contribution >= 0.6 is 22.7 Å². The van der Waals surface area contributed by atoms with Crippen LogP contribution in [0.15, 0.2) is 28.4 Å². The molecule has 0 spiro atoms. The zero-order chi connectivity index (χ0) is 9.80. The first-order valence-corrected chi connectivity index (χ1v) is 6.32. The molecule has 0 saturated heterocycles. The van der Waals surface area contributed by atoms with Crippen LogP contribution < -0.4 is 5.32 Å². The maximum absolute atomic E-state index is 4.27. The van der Waals surface area contributed by atoms with E-state index in [2.05, 4.69) is 34.1 Å². The molecule has 0 aromatic carbocycles. The van der Waals surface area contributed by atoms with Gasteiger partial charge in [-0.25, -0.2) is 4.98 Å². The monoisotopic (exact) mass is 224 g/mol. The van der Waals surface area contributed by atoms with Crippen molar-refractivity contribution in [2.24, 2.45) is 0 Å². The normalized spacial score (nSPS) is 12.9. The minimum Gasteiger partial charge on any atom is -0.304 e. The van der Waals surface area contributed by atoms with Crippen LogP contribution in [0.1, 0.15) is 23.5 Å². The molecule has 0 saturated carbocycles. The first-order valence-electron chi connectivity index (χ1n) is 4.50. The summed E-state index contributed by atoms with van der Waals surface area (Å²) in [6.45, 7) is 3.06. The first kappa shape index (κ1) is 9.83. The summed E-state index contributed by atoms with van der Waals surface area (Å²) in [7, 11) is 0. The molecular formula is C10H12N2S2. The van der Waals surface area contributed by atoms with Gasteiger partial charge in [0, 0.05) is 18.1 Å². The van der Waals surface area contributed by atoms with Gasteiger partial charge >= 0.3 is 0 Å². The molecular weight excluding hydrogens is 212 g/mol. The molecule has 0 bridgehead atoms. The van der Waals surface area contributed by atoms with Crippen LogP contribution in [0.3, 0.4) is 0 Å². The molecule has 0 aliphatic rings. The number of rotatable bonds is 4. The van der Waals surface area contributed by atoms with Gasteiger partial charge in [0.2, 0.25) is 0 Å². The smallest absolute Gasteiger partial charge is 0.109 e. The molecule has 0 amide bonds. The van der Waals surface area contributed by atoms with Crippen molar-refractivity contribution < 1.29 is 0 Å². The third-order valence-corrected chi connectivity index (χ3v) is 3.70. The maximum Gasteiger partial charge on any atom is 0.109 e. The van der Waals surface area contributed by atoms with Crippen molar-refractivity contribution in [3.63, 3.8) is 0 Å². The summed E-state index contributed by atoms with van der Waals surface area (Å²) in [5, 5.41) is 10.9. The van der Waals surface area contributed by atoms with E-state index in [9.17, 15) is 0 Å². The Bertz CT molecular complexity index is 353. The number of thiophene rings is 1. The van der Waals surface area contributed by atoms with E-state index < -0.39 is 0 Å². The van der Waals surface area contributed by atoms with Crippen LogP contribution in [0.5, 0.6) is 0 Å². The second-order valence-corrected chi connectivity index (χ2v) is 4.81. The number of hydrogen-bond acceptors (Lipinski definition) is 4. The molecule has 4 heteroatoms. The van der Waals surface area contributed by atoms with Gasteiger partial charge in [-0.15, -0.1) is 11.3 Å². The average molecular weight is 224 g/mol. The molecule has 2 aromatic rings. The maximum atomic E-state index is 4.27. The summed E-state index contributed by atoms with van der Waals surface area (Å²) < 4.78 is 0. The number of hydrogen-bond donors (Lipinski definition) is 1. The molecule has 74 valence electrons. The lowest BCUT2D eigenvalue weighted by Crippen LogP contribution is -2.17. The van der Waals surface area contributed by atoms with Crippen LogP contribution in [0.25, 0.3) is 0 Å². The van der Waals surface area contributed by atoms with Crippen LogP contribution in [-0.2, 0) is 6.54 Å². The molecule has 0 radical (unpaired) electrons. The molecule has 1 N–H and O–H groups in total. The lowest BCUT2D eigenvalue weighted by atomic mass is 10.3. The summed E-state index contributed by atoms with van der Waals surface area (Å²) in [5.74, 6) is 0. The standard InChI is InChI=1S/C10H12N2S2/c1-8(10-11-3-5-14-10)12-6-9-2-4-13-7-9/h2-5,7-8,12H,6H2,1H3. The SMILES string of the molecule is CC(NCc1ccsc1)c1nccs1. The van der Waals surface area contributed by atoms with Gasteiger partial charge in [0.1, 0.15) is 5.01 Å². The Labute approximate surface area is 91.6 Å². The fourth-order valence-electron chi connectivity index (χ4n) is 1.20. The Hall–Kier alpha value is -0.710. The second kappa shape index (κ2) is 4.68. The highest BCUT2D eigenvalue weighted by atomic mass is 32.1. The third kappa shape index (κ3) is 2.41. The Kier molecular flexibility index (Phi) is 3.29. The van der Waals surface area contributed by atoms with E-state index >= 15 is 0 Å². The van der Waals surface area contributed by atoms with Gasteiger partial charge in [-0.3, -0.25) is 0 Å². The highest BCUT2D eigenvalue weighted by Crippen LogP contribution is 2.15. The van der Waals surface area contributed by atoms with Crippen LogP contribution in [0, 0.1) is 0 Å². The fraction of sp³-hybridized carbons (Fsp3) is 0.300. The predicted octanol–water partition coefficient (Wildman–Crippen LogP) is 3.06. The summed E-state index contributed by atoms with van der Waals surface area (Å²) in [4.78, 5) is 4.27. The number of nitrogens with one attached hydrogen (secondary N) is 1. The summed E-state index contributed by atoms with van der Waals surface area (Å²) in [5.41, 5.74) is 1.35. The topological polar surface area (TPSA) is 24.9 Å². The first-order chi connectivity index (χ1) is 6.86. The van der Waals surface area contributed by atoms with E-state index in [-0.39, 0.29) is 0 Å². The van der Waals surface area contributed by atoms with Gasteiger partial charge < -0.3 is 5.32 Å². The minimum absolute atomic E-state index is 0.342. The van der Waals surface area contributed by atoms with Gasteiger partial charge in [0.25, 0.3) is 0 Å². The summed E-state index contributed by atoms with van der Waals surface area (Å²) in [6.07, 6.45) is 1.85. The highest BCUT2D eigenvalue weighted by molar-refractivity contribution is 7.09. The molecule has 1 unspecified atom stereocenters. The van der Waals surface area contributed by atoms with Crippen molar-refractivity contribution >= 4 is 22.7 Å². The zero-order valence-corrected chi connectivity index (χ0v) is 9.57. The molecule has 0 aliphatic heterocycles. The molecule has 14 heavy (non-hydrogen) atoms. The van der Waals surface area contributed by atoms with Crippen molar-refractivity contribution in [3.8, 4) is 0 Å². The average Bonchev–Trinajstić information content (AvgIpc) is 2.87. The zero-order valence-electron chi connectivity index (χ0n) is 7.93. The predicted molar refractivity (Wildman–Crippen MR) is 61.7 cm³/mol. The van der Waals surface area contributed by atoms with Crippen molar-refractivity contribution in [1.82, 2.24) is 10.3 Å². The quantitative estimate of drug-likeness (QED) is 0.863. The Morgan fingerprint density at radius 1 is 1.50 bits per heavy atom. The largest absolute Gasteiger partial charge is 0.304 e. The Balaban J connectivity index is 1.87. The van der Waals surface area contributed by atoms with Crippen molar-refractivity contribution in [1.29, 1.82) is 0 Å². The van der Waals surface area contributed by atoms with E-state index in [0.29, 0.717) is 6.04 Å². The molecule has 0 fully saturated rings. The van der Waals surface area contributed by atoms with Gasteiger partial charge in [0.05, 0.1) is 6.04 Å². The van der Waals surface area contributed by atoms with E-state index in [1.54, 1.807) is 22.7 Å². The summed E-state index contributed by atoms with van der Waals surface area (Å²) in [6, 6.07) is 2.49. The van der Waals surface area contributed by atoms with E-state index in [1.807, 2.05) is 11.6 Å². The van der Waals surface area contributed by atoms with Crippen molar-refractivity contribution in [2.75, 3.05) is 0 Å². The van der Waals surface area contributed by atoms with E-state index in [4.69, 9.17) is 0 Å². The van der Waals surface area contributed by atoms with Gasteiger partial charge in [-0.05, 0) is 29.3 Å². The number of aromatic nitrogens is 1. The van der Waals surface area contributed by atoms with Gasteiger partial charge in [-0.2, -0.15) is 11.3 Å². The molecule has 1 atom stereocenters. The highest BCUT2D eigenvalue weighted by Gasteiger charge is 2.06. The number of thiazole rings is 1.